The van der Waals surface area contributed by atoms with Crippen molar-refractivity contribution in [3.8, 4) is 0 Å². The Kier molecular flexibility index (Phi) is 9.15. The van der Waals surface area contributed by atoms with E-state index in [1.54, 1.807) is 0 Å². The standard InChI is InChI=1S/C6H11NO3S.Li.H/c1-3-5-7-11(8,9)10-6-4-2;;/h3-4,7H,1-2,5-6H2;;/q;+1;-1. The molecule has 0 aliphatic carbocycles. The molecule has 0 spiro atoms. The van der Waals surface area contributed by atoms with Crippen molar-refractivity contribution in [3.05, 3.63) is 25.3 Å². The first-order chi connectivity index (χ1) is 5.12. The Morgan fingerprint density at radius 2 is 2.00 bits per heavy atom. The van der Waals surface area contributed by atoms with Crippen LogP contribution in [0.1, 0.15) is 1.43 Å². The molecule has 1 N–H and O–H groups in total. The van der Waals surface area contributed by atoms with E-state index < -0.39 is 10.3 Å². The first kappa shape index (κ1) is 14.5. The fourth-order valence-electron chi connectivity index (χ4n) is 0.340. The SMILES string of the molecule is C=CCNS(=O)(=O)OCC=C.[H-].[Li+]. The summed E-state index contributed by atoms with van der Waals surface area (Å²) in [5.41, 5.74) is 0. The Morgan fingerprint density at radius 1 is 1.42 bits per heavy atom. The van der Waals surface area contributed by atoms with Gasteiger partial charge in [-0.15, -0.1) is 13.2 Å². The number of hydrogen-bond acceptors (Lipinski definition) is 3. The van der Waals surface area contributed by atoms with Crippen molar-refractivity contribution in [1.82, 2.24) is 4.72 Å². The van der Waals surface area contributed by atoms with Gasteiger partial charge in [-0.2, -0.15) is 13.1 Å². The van der Waals surface area contributed by atoms with Gasteiger partial charge in [0.25, 0.3) is 0 Å². The van der Waals surface area contributed by atoms with E-state index in [1.165, 1.54) is 12.2 Å². The van der Waals surface area contributed by atoms with Crippen LogP contribution in [0.15, 0.2) is 25.3 Å². The molecule has 0 aromatic carbocycles. The van der Waals surface area contributed by atoms with Gasteiger partial charge in [-0.05, 0) is 0 Å². The molecule has 0 amide bonds. The van der Waals surface area contributed by atoms with Gasteiger partial charge in [0.2, 0.25) is 0 Å². The van der Waals surface area contributed by atoms with Gasteiger partial charge in [0.05, 0.1) is 6.61 Å². The monoisotopic (exact) mass is 185 g/mol. The van der Waals surface area contributed by atoms with Gasteiger partial charge >= 0.3 is 29.2 Å². The first-order valence-corrected chi connectivity index (χ1v) is 4.39. The minimum atomic E-state index is -3.60. The maximum absolute atomic E-state index is 10.7. The van der Waals surface area contributed by atoms with E-state index in [0.717, 1.165) is 0 Å². The predicted octanol–water partition coefficient (Wildman–Crippen LogP) is -2.67. The summed E-state index contributed by atoms with van der Waals surface area (Å²) in [6.07, 6.45) is 2.78. The van der Waals surface area contributed by atoms with Gasteiger partial charge in [0, 0.05) is 6.54 Å². The second kappa shape index (κ2) is 7.59. The van der Waals surface area contributed by atoms with Crippen LogP contribution in [0.5, 0.6) is 0 Å². The second-order valence-corrected chi connectivity index (χ2v) is 3.10. The van der Waals surface area contributed by atoms with E-state index in [2.05, 4.69) is 22.1 Å². The molecule has 0 bridgehead atoms. The molecule has 0 fully saturated rings. The summed E-state index contributed by atoms with van der Waals surface area (Å²) < 4.78 is 27.9. The molecule has 0 heterocycles. The van der Waals surface area contributed by atoms with Crippen molar-refractivity contribution < 1.29 is 32.9 Å². The summed E-state index contributed by atoms with van der Waals surface area (Å²) in [7, 11) is -3.60. The van der Waals surface area contributed by atoms with Crippen molar-refractivity contribution in [2.45, 2.75) is 0 Å². The van der Waals surface area contributed by atoms with Crippen molar-refractivity contribution >= 4 is 10.3 Å². The molecule has 4 nitrogen and oxygen atoms in total. The maximum atomic E-state index is 10.7. The zero-order chi connectivity index (χ0) is 8.74. The van der Waals surface area contributed by atoms with Crippen LogP contribution < -0.4 is 23.6 Å². The predicted molar refractivity (Wildman–Crippen MR) is 44.4 cm³/mol. The molecule has 0 aliphatic rings. The third kappa shape index (κ3) is 8.05. The summed E-state index contributed by atoms with van der Waals surface area (Å²) in [5, 5.41) is 0. The van der Waals surface area contributed by atoms with Gasteiger partial charge in [0.1, 0.15) is 0 Å². The topological polar surface area (TPSA) is 55.4 Å². The summed E-state index contributed by atoms with van der Waals surface area (Å²) >= 11 is 0. The van der Waals surface area contributed by atoms with Crippen molar-refractivity contribution in [2.75, 3.05) is 13.2 Å². The minimum Gasteiger partial charge on any atom is -1.00 e. The van der Waals surface area contributed by atoms with Gasteiger partial charge in [0.15, 0.2) is 0 Å². The molecule has 66 valence electrons. The average molecular weight is 185 g/mol. The zero-order valence-corrected chi connectivity index (χ0v) is 7.93. The molecule has 0 atom stereocenters. The van der Waals surface area contributed by atoms with E-state index in [4.69, 9.17) is 0 Å². The fraction of sp³-hybridized carbons (Fsp3) is 0.333. The average Bonchev–Trinajstić information content (AvgIpc) is 1.97. The summed E-state index contributed by atoms with van der Waals surface area (Å²) in [6.45, 7) is 6.79. The molecule has 0 aromatic rings. The van der Waals surface area contributed by atoms with Crippen molar-refractivity contribution in [3.63, 3.8) is 0 Å². The minimum absolute atomic E-state index is 0. The van der Waals surface area contributed by atoms with Crippen LogP contribution in [0.3, 0.4) is 0 Å². The molecule has 0 saturated carbocycles. The van der Waals surface area contributed by atoms with E-state index in [-0.39, 0.29) is 33.4 Å². The van der Waals surface area contributed by atoms with E-state index >= 15 is 0 Å². The summed E-state index contributed by atoms with van der Waals surface area (Å²) in [5.74, 6) is 0. The van der Waals surface area contributed by atoms with Gasteiger partial charge in [-0.25, -0.2) is 0 Å². The zero-order valence-electron chi connectivity index (χ0n) is 8.12. The van der Waals surface area contributed by atoms with E-state index in [0.29, 0.717) is 0 Å². The third-order valence-corrected chi connectivity index (χ3v) is 1.71. The smallest absolute Gasteiger partial charge is 1.00 e. The maximum Gasteiger partial charge on any atom is 1.00 e. The number of rotatable bonds is 6. The first-order valence-electron chi connectivity index (χ1n) is 2.98. The van der Waals surface area contributed by atoms with Crippen LogP contribution in [-0.4, -0.2) is 21.6 Å². The molecule has 0 radical (unpaired) electrons. The Morgan fingerprint density at radius 3 is 2.42 bits per heavy atom. The summed E-state index contributed by atoms with van der Waals surface area (Å²) in [6, 6.07) is 0. The second-order valence-electron chi connectivity index (χ2n) is 1.66. The van der Waals surface area contributed by atoms with Crippen LogP contribution in [0, 0.1) is 0 Å². The quantitative estimate of drug-likeness (QED) is 0.362. The van der Waals surface area contributed by atoms with Gasteiger partial charge in [-0.1, -0.05) is 12.2 Å². The molecule has 12 heavy (non-hydrogen) atoms. The number of hydrogen-bond donors (Lipinski definition) is 1. The number of nitrogens with one attached hydrogen (secondary N) is 1. The Hall–Kier alpha value is -0.0526. The van der Waals surface area contributed by atoms with Gasteiger partial charge < -0.3 is 1.43 Å². The molecule has 0 saturated heterocycles. The Balaban J connectivity index is -0.000000500. The van der Waals surface area contributed by atoms with Crippen LogP contribution >= 0.6 is 0 Å². The molecular formula is C6H12LiNO3S. The van der Waals surface area contributed by atoms with E-state index in [9.17, 15) is 8.42 Å². The van der Waals surface area contributed by atoms with E-state index in [1.807, 2.05) is 0 Å². The molecule has 0 aliphatic heterocycles. The Bertz CT molecular complexity index is 212. The van der Waals surface area contributed by atoms with Crippen molar-refractivity contribution in [2.24, 2.45) is 0 Å². The fourth-order valence-corrected chi connectivity index (χ4v) is 1.02. The largest absolute Gasteiger partial charge is 1.00 e. The van der Waals surface area contributed by atoms with Crippen LogP contribution in [0.25, 0.3) is 0 Å². The summed E-state index contributed by atoms with van der Waals surface area (Å²) in [4.78, 5) is 0. The van der Waals surface area contributed by atoms with Crippen LogP contribution in [0.2, 0.25) is 0 Å². The molecule has 0 rings (SSSR count). The van der Waals surface area contributed by atoms with Crippen LogP contribution in [-0.2, 0) is 14.5 Å². The Labute approximate surface area is 86.6 Å². The van der Waals surface area contributed by atoms with Gasteiger partial charge in [-0.3, -0.25) is 4.18 Å². The normalized spacial score (nSPS) is 10.0. The van der Waals surface area contributed by atoms with Crippen LogP contribution in [0.4, 0.5) is 0 Å². The molecule has 0 aromatic heterocycles. The van der Waals surface area contributed by atoms with Crippen molar-refractivity contribution in [1.29, 1.82) is 0 Å². The third-order valence-electron chi connectivity index (χ3n) is 0.745. The molecule has 6 heteroatoms. The molecular weight excluding hydrogens is 173 g/mol. The molecule has 0 unspecified atom stereocenters.